The summed E-state index contributed by atoms with van der Waals surface area (Å²) in [6.07, 6.45) is 1.17. The van der Waals surface area contributed by atoms with Gasteiger partial charge in [-0.1, -0.05) is 42.5 Å². The van der Waals surface area contributed by atoms with Crippen molar-refractivity contribution in [3.63, 3.8) is 0 Å². The van der Waals surface area contributed by atoms with E-state index >= 15 is 0 Å². The van der Waals surface area contributed by atoms with Crippen LogP contribution in [-0.2, 0) is 15.4 Å². The number of nitrogens with one attached hydrogen (secondary N) is 1. The summed E-state index contributed by atoms with van der Waals surface area (Å²) in [5.74, 6) is 0. The van der Waals surface area contributed by atoms with Crippen LogP contribution < -0.4 is 5.32 Å². The average Bonchev–Trinajstić information content (AvgIpc) is 2.53. The molecule has 23 heavy (non-hydrogen) atoms. The summed E-state index contributed by atoms with van der Waals surface area (Å²) in [6.45, 7) is 4.12. The van der Waals surface area contributed by atoms with Crippen molar-refractivity contribution in [1.29, 1.82) is 0 Å². The Labute approximate surface area is 138 Å². The van der Waals surface area contributed by atoms with Crippen LogP contribution in [0.2, 0.25) is 0 Å². The molecule has 2 aromatic rings. The van der Waals surface area contributed by atoms with Gasteiger partial charge in [0, 0.05) is 18.8 Å². The van der Waals surface area contributed by atoms with E-state index in [-0.39, 0.29) is 10.9 Å². The molecule has 0 aromatic heterocycles. The van der Waals surface area contributed by atoms with E-state index in [0.29, 0.717) is 12.1 Å². The van der Waals surface area contributed by atoms with Crippen molar-refractivity contribution in [3.8, 4) is 0 Å². The molecule has 0 fully saturated rings. The zero-order valence-corrected chi connectivity index (χ0v) is 14.5. The Bertz CT molecular complexity index is 738. The molecule has 0 saturated heterocycles. The third-order valence-corrected chi connectivity index (χ3v) is 5.08. The summed E-state index contributed by atoms with van der Waals surface area (Å²) in [4.78, 5) is 0.252. The van der Waals surface area contributed by atoms with Gasteiger partial charge in [-0.3, -0.25) is 0 Å². The lowest BCUT2D eigenvalue weighted by Gasteiger charge is -2.27. The van der Waals surface area contributed by atoms with Crippen molar-refractivity contribution in [2.24, 2.45) is 0 Å². The number of benzene rings is 2. The molecule has 0 spiro atoms. The van der Waals surface area contributed by atoms with E-state index in [4.69, 9.17) is 0 Å². The molecule has 124 valence electrons. The quantitative estimate of drug-likeness (QED) is 0.853. The average molecular weight is 333 g/mol. The summed E-state index contributed by atoms with van der Waals surface area (Å²) >= 11 is 0. The monoisotopic (exact) mass is 333 g/mol. The Morgan fingerprint density at radius 1 is 1.09 bits per heavy atom. The molecular weight excluding hydrogens is 310 g/mol. The van der Waals surface area contributed by atoms with Crippen molar-refractivity contribution in [2.75, 3.05) is 12.8 Å². The van der Waals surface area contributed by atoms with E-state index < -0.39 is 15.4 Å². The minimum atomic E-state index is -3.22. The fourth-order valence-electron chi connectivity index (χ4n) is 2.37. The SMILES string of the molecule is CC(NCC(C)(O)c1ccc(S(C)(=O)=O)cc1)c1ccccc1. The lowest BCUT2D eigenvalue weighted by molar-refractivity contribution is 0.0543. The Hall–Kier alpha value is -1.69. The molecule has 0 bridgehead atoms. The van der Waals surface area contributed by atoms with Gasteiger partial charge < -0.3 is 10.4 Å². The summed E-state index contributed by atoms with van der Waals surface area (Å²) in [5, 5.41) is 14.0. The van der Waals surface area contributed by atoms with Crippen LogP contribution in [0.3, 0.4) is 0 Å². The van der Waals surface area contributed by atoms with Crippen LogP contribution in [0.25, 0.3) is 0 Å². The molecule has 0 saturated carbocycles. The maximum atomic E-state index is 11.5. The van der Waals surface area contributed by atoms with Gasteiger partial charge in [-0.05, 0) is 37.1 Å². The zero-order valence-electron chi connectivity index (χ0n) is 13.7. The van der Waals surface area contributed by atoms with Crippen LogP contribution in [0.4, 0.5) is 0 Å². The standard InChI is InChI=1S/C18H23NO3S/c1-14(15-7-5-4-6-8-15)19-13-18(2,20)16-9-11-17(12-10-16)23(3,21)22/h4-12,14,19-20H,13H2,1-3H3. The minimum absolute atomic E-state index is 0.109. The van der Waals surface area contributed by atoms with Crippen molar-refractivity contribution >= 4 is 9.84 Å². The van der Waals surface area contributed by atoms with Crippen LogP contribution in [0.5, 0.6) is 0 Å². The molecule has 0 aliphatic rings. The van der Waals surface area contributed by atoms with Gasteiger partial charge in [0.1, 0.15) is 0 Å². The summed E-state index contributed by atoms with van der Waals surface area (Å²) in [6, 6.07) is 16.5. The van der Waals surface area contributed by atoms with E-state index in [1.807, 2.05) is 37.3 Å². The third kappa shape index (κ3) is 4.64. The smallest absolute Gasteiger partial charge is 0.175 e. The van der Waals surface area contributed by atoms with Crippen LogP contribution in [0.15, 0.2) is 59.5 Å². The van der Waals surface area contributed by atoms with Crippen LogP contribution in [0, 0.1) is 0 Å². The van der Waals surface area contributed by atoms with Gasteiger partial charge in [-0.15, -0.1) is 0 Å². The largest absolute Gasteiger partial charge is 0.384 e. The Balaban J connectivity index is 2.07. The first kappa shape index (κ1) is 17.7. The number of hydrogen-bond acceptors (Lipinski definition) is 4. The van der Waals surface area contributed by atoms with E-state index in [0.717, 1.165) is 5.56 Å². The molecule has 4 nitrogen and oxygen atoms in total. The first-order valence-corrected chi connectivity index (χ1v) is 9.40. The molecule has 0 radical (unpaired) electrons. The molecule has 2 N–H and O–H groups in total. The molecule has 0 aliphatic heterocycles. The van der Waals surface area contributed by atoms with Gasteiger partial charge in [0.2, 0.25) is 0 Å². The molecule has 2 unspecified atom stereocenters. The lowest BCUT2D eigenvalue weighted by Crippen LogP contribution is -2.36. The van der Waals surface area contributed by atoms with Gasteiger partial charge >= 0.3 is 0 Å². The maximum absolute atomic E-state index is 11.5. The Kier molecular flexibility index (Phi) is 5.24. The van der Waals surface area contributed by atoms with Crippen molar-refractivity contribution in [2.45, 2.75) is 30.4 Å². The predicted octanol–water partition coefficient (Wildman–Crippen LogP) is 2.65. The number of aliphatic hydroxyl groups is 1. The van der Waals surface area contributed by atoms with Gasteiger partial charge in [-0.25, -0.2) is 8.42 Å². The number of sulfone groups is 1. The van der Waals surface area contributed by atoms with Crippen molar-refractivity contribution < 1.29 is 13.5 Å². The van der Waals surface area contributed by atoms with Gasteiger partial charge in [-0.2, -0.15) is 0 Å². The topological polar surface area (TPSA) is 66.4 Å². The second kappa shape index (κ2) is 6.83. The van der Waals surface area contributed by atoms with E-state index in [1.54, 1.807) is 19.1 Å². The molecule has 2 rings (SSSR count). The van der Waals surface area contributed by atoms with Gasteiger partial charge in [0.15, 0.2) is 9.84 Å². The molecule has 2 aromatic carbocycles. The third-order valence-electron chi connectivity index (χ3n) is 3.96. The molecular formula is C18H23NO3S. The van der Waals surface area contributed by atoms with Crippen LogP contribution in [0.1, 0.15) is 31.0 Å². The minimum Gasteiger partial charge on any atom is -0.384 e. The van der Waals surface area contributed by atoms with E-state index in [9.17, 15) is 13.5 Å². The lowest BCUT2D eigenvalue weighted by atomic mass is 9.95. The Morgan fingerprint density at radius 3 is 2.17 bits per heavy atom. The normalized spacial score (nSPS) is 15.8. The first-order chi connectivity index (χ1) is 10.7. The number of rotatable bonds is 6. The highest BCUT2D eigenvalue weighted by atomic mass is 32.2. The van der Waals surface area contributed by atoms with Crippen LogP contribution in [-0.4, -0.2) is 26.3 Å². The predicted molar refractivity (Wildman–Crippen MR) is 92.0 cm³/mol. The molecule has 0 amide bonds. The highest BCUT2D eigenvalue weighted by Crippen LogP contribution is 2.23. The second-order valence-electron chi connectivity index (χ2n) is 6.08. The van der Waals surface area contributed by atoms with Crippen molar-refractivity contribution in [1.82, 2.24) is 5.32 Å². The summed E-state index contributed by atoms with van der Waals surface area (Å²) in [7, 11) is -3.22. The first-order valence-electron chi connectivity index (χ1n) is 7.51. The molecule has 0 heterocycles. The van der Waals surface area contributed by atoms with Crippen molar-refractivity contribution in [3.05, 3.63) is 65.7 Å². The van der Waals surface area contributed by atoms with E-state index in [2.05, 4.69) is 5.32 Å². The summed E-state index contributed by atoms with van der Waals surface area (Å²) in [5.41, 5.74) is 0.743. The van der Waals surface area contributed by atoms with E-state index in [1.165, 1.54) is 18.4 Å². The van der Waals surface area contributed by atoms with Crippen LogP contribution >= 0.6 is 0 Å². The maximum Gasteiger partial charge on any atom is 0.175 e. The fraction of sp³-hybridized carbons (Fsp3) is 0.333. The highest BCUT2D eigenvalue weighted by molar-refractivity contribution is 7.90. The molecule has 5 heteroatoms. The highest BCUT2D eigenvalue weighted by Gasteiger charge is 2.24. The number of hydrogen-bond donors (Lipinski definition) is 2. The fourth-order valence-corrected chi connectivity index (χ4v) is 3.01. The van der Waals surface area contributed by atoms with Gasteiger partial charge in [0.25, 0.3) is 0 Å². The zero-order chi connectivity index (χ0) is 17.1. The second-order valence-corrected chi connectivity index (χ2v) is 8.10. The summed E-state index contributed by atoms with van der Waals surface area (Å²) < 4.78 is 23.0. The molecule has 0 aliphatic carbocycles. The molecule has 2 atom stereocenters. The van der Waals surface area contributed by atoms with Gasteiger partial charge in [0.05, 0.1) is 10.5 Å². The Morgan fingerprint density at radius 2 is 1.65 bits per heavy atom.